The fourth-order valence-electron chi connectivity index (χ4n) is 2.05. The summed E-state index contributed by atoms with van der Waals surface area (Å²) in [6.45, 7) is 3.24. The Morgan fingerprint density at radius 3 is 2.76 bits per heavy atom. The second kappa shape index (κ2) is 5.29. The van der Waals surface area contributed by atoms with Crippen LogP contribution < -0.4 is 5.32 Å². The van der Waals surface area contributed by atoms with E-state index in [9.17, 15) is 9.90 Å². The molecule has 0 aliphatic carbocycles. The van der Waals surface area contributed by atoms with E-state index in [4.69, 9.17) is 0 Å². The van der Waals surface area contributed by atoms with Crippen LogP contribution in [-0.2, 0) is 4.79 Å². The fraction of sp³-hybridized carbons (Fsp3) is 0.462. The van der Waals surface area contributed by atoms with E-state index in [0.29, 0.717) is 6.54 Å². The van der Waals surface area contributed by atoms with Crippen molar-refractivity contribution in [3.05, 3.63) is 30.3 Å². The molecule has 4 nitrogen and oxygen atoms in total. The van der Waals surface area contributed by atoms with E-state index in [1.54, 1.807) is 0 Å². The van der Waals surface area contributed by atoms with Crippen molar-refractivity contribution in [2.24, 2.45) is 0 Å². The molecule has 2 N–H and O–H groups in total. The zero-order valence-corrected chi connectivity index (χ0v) is 9.97. The smallest absolute Gasteiger partial charge is 0.241 e. The number of rotatable bonds is 3. The number of para-hydroxylation sites is 1. The number of aliphatic hydroxyl groups excluding tert-OH is 1. The SMILES string of the molecule is CC(C(=O)Nc1ccccc1)N1CC[C@@H](O)C1. The predicted octanol–water partition coefficient (Wildman–Crippen LogP) is 1.08. The molecule has 2 rings (SSSR count). The fourth-order valence-corrected chi connectivity index (χ4v) is 2.05. The van der Waals surface area contributed by atoms with Crippen LogP contribution in [0, 0.1) is 0 Å². The lowest BCUT2D eigenvalue weighted by Gasteiger charge is -2.22. The van der Waals surface area contributed by atoms with Crippen LogP contribution in [0.2, 0.25) is 0 Å². The average molecular weight is 234 g/mol. The Balaban J connectivity index is 1.92. The Hall–Kier alpha value is -1.39. The molecule has 0 spiro atoms. The highest BCUT2D eigenvalue weighted by Crippen LogP contribution is 2.14. The molecule has 92 valence electrons. The number of amides is 1. The molecule has 4 heteroatoms. The molecule has 1 heterocycles. The number of hydrogen-bond donors (Lipinski definition) is 2. The van der Waals surface area contributed by atoms with Crippen LogP contribution in [0.15, 0.2) is 30.3 Å². The molecule has 1 aromatic rings. The summed E-state index contributed by atoms with van der Waals surface area (Å²) in [7, 11) is 0. The van der Waals surface area contributed by atoms with E-state index in [1.807, 2.05) is 42.2 Å². The molecule has 1 unspecified atom stereocenters. The van der Waals surface area contributed by atoms with Gasteiger partial charge >= 0.3 is 0 Å². The minimum absolute atomic E-state index is 0.0229. The van der Waals surface area contributed by atoms with Crippen LogP contribution in [-0.4, -0.2) is 41.1 Å². The van der Waals surface area contributed by atoms with Crippen molar-refractivity contribution in [2.75, 3.05) is 18.4 Å². The van der Waals surface area contributed by atoms with E-state index in [2.05, 4.69) is 5.32 Å². The number of carbonyl (C=O) groups is 1. The van der Waals surface area contributed by atoms with Gasteiger partial charge < -0.3 is 10.4 Å². The lowest BCUT2D eigenvalue weighted by molar-refractivity contribution is -0.120. The standard InChI is InChI=1S/C13H18N2O2/c1-10(15-8-7-12(16)9-15)13(17)14-11-5-3-2-4-6-11/h2-6,10,12,16H,7-9H2,1H3,(H,14,17)/t10?,12-/m1/s1. The molecular formula is C13H18N2O2. The van der Waals surface area contributed by atoms with Crippen molar-refractivity contribution in [3.63, 3.8) is 0 Å². The van der Waals surface area contributed by atoms with E-state index in [0.717, 1.165) is 18.7 Å². The van der Waals surface area contributed by atoms with E-state index >= 15 is 0 Å². The number of carbonyl (C=O) groups excluding carboxylic acids is 1. The van der Waals surface area contributed by atoms with Gasteiger partial charge in [0, 0.05) is 18.8 Å². The van der Waals surface area contributed by atoms with Gasteiger partial charge in [-0.3, -0.25) is 9.69 Å². The first-order valence-corrected chi connectivity index (χ1v) is 5.95. The minimum Gasteiger partial charge on any atom is -0.392 e. The molecule has 2 atom stereocenters. The predicted molar refractivity (Wildman–Crippen MR) is 66.7 cm³/mol. The van der Waals surface area contributed by atoms with Gasteiger partial charge in [0.2, 0.25) is 5.91 Å². The van der Waals surface area contributed by atoms with Gasteiger partial charge in [-0.05, 0) is 25.5 Å². The summed E-state index contributed by atoms with van der Waals surface area (Å²) in [6, 6.07) is 9.22. The maximum absolute atomic E-state index is 12.0. The molecule has 1 aliphatic rings. The van der Waals surface area contributed by atoms with Gasteiger partial charge in [-0.2, -0.15) is 0 Å². The Labute approximate surface area is 101 Å². The molecule has 0 aromatic heterocycles. The lowest BCUT2D eigenvalue weighted by Crippen LogP contribution is -2.41. The number of likely N-dealkylation sites (tertiary alicyclic amines) is 1. The Morgan fingerprint density at radius 1 is 1.47 bits per heavy atom. The second-order valence-corrected chi connectivity index (χ2v) is 4.47. The number of hydrogen-bond acceptors (Lipinski definition) is 3. The number of nitrogens with zero attached hydrogens (tertiary/aromatic N) is 1. The summed E-state index contributed by atoms with van der Waals surface area (Å²) in [5.74, 6) is -0.0229. The van der Waals surface area contributed by atoms with Gasteiger partial charge in [0.15, 0.2) is 0 Å². The van der Waals surface area contributed by atoms with Crippen molar-refractivity contribution in [1.82, 2.24) is 4.90 Å². The average Bonchev–Trinajstić information content (AvgIpc) is 2.76. The summed E-state index contributed by atoms with van der Waals surface area (Å²) in [4.78, 5) is 14.0. The normalized spacial score (nSPS) is 22.4. The third kappa shape index (κ3) is 3.05. The quantitative estimate of drug-likeness (QED) is 0.823. The van der Waals surface area contributed by atoms with Crippen molar-refractivity contribution < 1.29 is 9.90 Å². The monoisotopic (exact) mass is 234 g/mol. The van der Waals surface area contributed by atoms with E-state index < -0.39 is 0 Å². The van der Waals surface area contributed by atoms with Crippen LogP contribution in [0.1, 0.15) is 13.3 Å². The largest absolute Gasteiger partial charge is 0.392 e. The minimum atomic E-state index is -0.290. The van der Waals surface area contributed by atoms with Crippen LogP contribution >= 0.6 is 0 Å². The molecular weight excluding hydrogens is 216 g/mol. The number of benzene rings is 1. The summed E-state index contributed by atoms with van der Waals surface area (Å²) in [5.41, 5.74) is 0.809. The van der Waals surface area contributed by atoms with Crippen molar-refractivity contribution in [1.29, 1.82) is 0 Å². The van der Waals surface area contributed by atoms with Gasteiger partial charge in [-0.15, -0.1) is 0 Å². The Kier molecular flexibility index (Phi) is 3.76. The van der Waals surface area contributed by atoms with Crippen LogP contribution in [0.3, 0.4) is 0 Å². The Bertz CT molecular complexity index is 380. The van der Waals surface area contributed by atoms with E-state index in [-0.39, 0.29) is 18.1 Å². The van der Waals surface area contributed by atoms with Crippen molar-refractivity contribution >= 4 is 11.6 Å². The molecule has 1 aliphatic heterocycles. The molecule has 1 amide bonds. The summed E-state index contributed by atoms with van der Waals surface area (Å²) >= 11 is 0. The second-order valence-electron chi connectivity index (χ2n) is 4.47. The first kappa shape index (κ1) is 12.1. The highest BCUT2D eigenvalue weighted by Gasteiger charge is 2.28. The summed E-state index contributed by atoms with van der Waals surface area (Å²) in [5, 5.41) is 12.3. The zero-order chi connectivity index (χ0) is 12.3. The summed E-state index contributed by atoms with van der Waals surface area (Å²) < 4.78 is 0. The molecule has 0 saturated carbocycles. The summed E-state index contributed by atoms with van der Waals surface area (Å²) in [6.07, 6.45) is 0.463. The van der Waals surface area contributed by atoms with Gasteiger partial charge in [0.1, 0.15) is 0 Å². The third-order valence-corrected chi connectivity index (χ3v) is 3.16. The highest BCUT2D eigenvalue weighted by atomic mass is 16.3. The van der Waals surface area contributed by atoms with Crippen molar-refractivity contribution in [2.45, 2.75) is 25.5 Å². The van der Waals surface area contributed by atoms with Crippen LogP contribution in [0.25, 0.3) is 0 Å². The maximum atomic E-state index is 12.0. The zero-order valence-electron chi connectivity index (χ0n) is 9.97. The van der Waals surface area contributed by atoms with Gasteiger partial charge in [-0.25, -0.2) is 0 Å². The lowest BCUT2D eigenvalue weighted by atomic mass is 10.2. The van der Waals surface area contributed by atoms with Crippen LogP contribution in [0.5, 0.6) is 0 Å². The van der Waals surface area contributed by atoms with Gasteiger partial charge in [0.25, 0.3) is 0 Å². The van der Waals surface area contributed by atoms with Crippen LogP contribution in [0.4, 0.5) is 5.69 Å². The molecule has 0 bridgehead atoms. The number of nitrogens with one attached hydrogen (secondary N) is 1. The molecule has 1 fully saturated rings. The Morgan fingerprint density at radius 2 is 2.18 bits per heavy atom. The third-order valence-electron chi connectivity index (χ3n) is 3.16. The maximum Gasteiger partial charge on any atom is 0.241 e. The van der Waals surface area contributed by atoms with Gasteiger partial charge in [0.05, 0.1) is 12.1 Å². The highest BCUT2D eigenvalue weighted by molar-refractivity contribution is 5.94. The molecule has 17 heavy (non-hydrogen) atoms. The molecule has 1 saturated heterocycles. The number of anilines is 1. The van der Waals surface area contributed by atoms with Gasteiger partial charge in [-0.1, -0.05) is 18.2 Å². The number of aliphatic hydroxyl groups is 1. The number of β-amino-alcohol motifs (C(OH)–C–C–N with tert-alkyl or cyclic N) is 1. The molecule has 0 radical (unpaired) electrons. The first-order valence-electron chi connectivity index (χ1n) is 5.95. The van der Waals surface area contributed by atoms with E-state index in [1.165, 1.54) is 0 Å². The van der Waals surface area contributed by atoms with Crippen molar-refractivity contribution in [3.8, 4) is 0 Å². The first-order chi connectivity index (χ1) is 8.16. The molecule has 1 aromatic carbocycles. The topological polar surface area (TPSA) is 52.6 Å².